The molecule has 0 amide bonds. The number of halogens is 1. The molecular weight excluding hydrogens is 543 g/mol. The molecule has 0 heterocycles. The number of sulfone groups is 1. The summed E-state index contributed by atoms with van der Waals surface area (Å²) in [5.74, 6) is 0.755. The van der Waals surface area contributed by atoms with E-state index in [0.29, 0.717) is 18.0 Å². The highest BCUT2D eigenvalue weighted by atomic mass is 127. The molecule has 0 spiro atoms. The van der Waals surface area contributed by atoms with E-state index in [-0.39, 0.29) is 29.7 Å². The van der Waals surface area contributed by atoms with Gasteiger partial charge in [-0.3, -0.25) is 15.1 Å². The van der Waals surface area contributed by atoms with Crippen LogP contribution in [0.4, 0.5) is 5.69 Å². The number of guanidine groups is 1. The summed E-state index contributed by atoms with van der Waals surface area (Å²) in [6, 6.07) is 13.6. The number of unbranched alkanes of at least 4 members (excludes halogenated alkanes) is 1. The highest BCUT2D eigenvalue weighted by Crippen LogP contribution is 2.13. The van der Waals surface area contributed by atoms with E-state index in [2.05, 4.69) is 15.6 Å². The van der Waals surface area contributed by atoms with Crippen molar-refractivity contribution in [3.8, 4) is 0 Å². The molecule has 0 unspecified atom stereocenters. The molecule has 0 atom stereocenters. The zero-order valence-electron chi connectivity index (χ0n) is 18.4. The van der Waals surface area contributed by atoms with Crippen LogP contribution in [-0.4, -0.2) is 45.2 Å². The number of nitrogens with zero attached hydrogens (tertiary/aromatic N) is 2. The van der Waals surface area contributed by atoms with Crippen LogP contribution in [0.1, 0.15) is 30.9 Å². The van der Waals surface area contributed by atoms with Crippen molar-refractivity contribution in [1.82, 2.24) is 10.6 Å². The molecule has 0 radical (unpaired) electrons. The predicted octanol–water partition coefficient (Wildman–Crippen LogP) is 3.74. The molecule has 2 rings (SSSR count). The van der Waals surface area contributed by atoms with Gasteiger partial charge in [-0.25, -0.2) is 8.42 Å². The molecule has 10 heteroatoms. The molecule has 2 aromatic rings. The number of hydrogen-bond donors (Lipinski definition) is 2. The Morgan fingerprint density at radius 1 is 0.969 bits per heavy atom. The van der Waals surface area contributed by atoms with Crippen molar-refractivity contribution in [2.75, 3.05) is 25.9 Å². The van der Waals surface area contributed by atoms with Crippen LogP contribution in [0.25, 0.3) is 0 Å². The summed E-state index contributed by atoms with van der Waals surface area (Å²) >= 11 is 0. The van der Waals surface area contributed by atoms with Crippen LogP contribution in [0.5, 0.6) is 0 Å². The summed E-state index contributed by atoms with van der Waals surface area (Å²) in [7, 11) is -3.17. The average molecular weight is 574 g/mol. The van der Waals surface area contributed by atoms with Crippen LogP contribution < -0.4 is 10.6 Å². The molecule has 8 nitrogen and oxygen atoms in total. The number of rotatable bonds is 11. The van der Waals surface area contributed by atoms with Gasteiger partial charge in [0.15, 0.2) is 15.8 Å². The van der Waals surface area contributed by atoms with Gasteiger partial charge in [0, 0.05) is 38.0 Å². The standard InChI is InChI=1S/C22H30N4O4S.HI/c1-3-23-22(25-17-15-19-9-13-21(14-10-19)31(2,29)30)24-16-5-4-6-18-7-11-20(12-8-18)26(27)28;/h7-14H,3-6,15-17H2,1-2H3,(H2,23,24,25);1H. The van der Waals surface area contributed by atoms with Gasteiger partial charge in [0.25, 0.3) is 5.69 Å². The van der Waals surface area contributed by atoms with Gasteiger partial charge in [-0.1, -0.05) is 24.3 Å². The number of nitrogens with one attached hydrogen (secondary N) is 2. The lowest BCUT2D eigenvalue weighted by Gasteiger charge is -2.11. The van der Waals surface area contributed by atoms with Crippen LogP contribution in [0.2, 0.25) is 0 Å². The van der Waals surface area contributed by atoms with Gasteiger partial charge in [-0.2, -0.15) is 0 Å². The zero-order chi connectivity index (χ0) is 22.7. The van der Waals surface area contributed by atoms with Gasteiger partial charge < -0.3 is 10.6 Å². The Kier molecular flexibility index (Phi) is 12.2. The first-order chi connectivity index (χ1) is 14.8. The maximum atomic E-state index is 11.5. The minimum Gasteiger partial charge on any atom is -0.357 e. The van der Waals surface area contributed by atoms with Gasteiger partial charge >= 0.3 is 0 Å². The highest BCUT2D eigenvalue weighted by molar-refractivity contribution is 14.0. The van der Waals surface area contributed by atoms with Crippen molar-refractivity contribution in [1.29, 1.82) is 0 Å². The second kappa shape index (κ2) is 14.0. The van der Waals surface area contributed by atoms with E-state index >= 15 is 0 Å². The van der Waals surface area contributed by atoms with Crippen molar-refractivity contribution in [2.24, 2.45) is 4.99 Å². The normalized spacial score (nSPS) is 11.5. The Bertz CT molecular complexity index is 978. The van der Waals surface area contributed by atoms with E-state index in [1.807, 2.05) is 19.1 Å². The summed E-state index contributed by atoms with van der Waals surface area (Å²) in [4.78, 5) is 15.2. The Hall–Kier alpha value is -2.21. The third-order valence-corrected chi connectivity index (χ3v) is 5.82. The average Bonchev–Trinajstić information content (AvgIpc) is 2.73. The van der Waals surface area contributed by atoms with E-state index in [0.717, 1.165) is 49.3 Å². The van der Waals surface area contributed by atoms with Crippen molar-refractivity contribution in [3.63, 3.8) is 0 Å². The number of hydrogen-bond acceptors (Lipinski definition) is 5. The summed E-state index contributed by atoms with van der Waals surface area (Å²) < 4.78 is 23.0. The van der Waals surface area contributed by atoms with Crippen LogP contribution in [0.3, 0.4) is 0 Å². The van der Waals surface area contributed by atoms with Crippen LogP contribution in [-0.2, 0) is 22.7 Å². The molecule has 0 aromatic heterocycles. The summed E-state index contributed by atoms with van der Waals surface area (Å²) in [6.07, 6.45) is 4.69. The zero-order valence-corrected chi connectivity index (χ0v) is 21.6. The van der Waals surface area contributed by atoms with Crippen LogP contribution >= 0.6 is 24.0 Å². The van der Waals surface area contributed by atoms with E-state index < -0.39 is 14.8 Å². The summed E-state index contributed by atoms with van der Waals surface area (Å²) in [6.45, 7) is 4.14. The fourth-order valence-electron chi connectivity index (χ4n) is 2.99. The van der Waals surface area contributed by atoms with Gasteiger partial charge in [-0.15, -0.1) is 24.0 Å². The second-order valence-electron chi connectivity index (χ2n) is 7.23. The molecule has 2 aromatic carbocycles. The largest absolute Gasteiger partial charge is 0.357 e. The molecule has 0 aliphatic heterocycles. The minimum absolute atomic E-state index is 0. The van der Waals surface area contributed by atoms with E-state index in [9.17, 15) is 18.5 Å². The first-order valence-corrected chi connectivity index (χ1v) is 12.2. The Labute approximate surface area is 207 Å². The second-order valence-corrected chi connectivity index (χ2v) is 9.25. The Morgan fingerprint density at radius 3 is 2.12 bits per heavy atom. The van der Waals surface area contributed by atoms with Crippen molar-refractivity contribution < 1.29 is 13.3 Å². The van der Waals surface area contributed by atoms with Gasteiger partial charge in [0.1, 0.15) is 0 Å². The highest BCUT2D eigenvalue weighted by Gasteiger charge is 2.06. The Morgan fingerprint density at radius 2 is 1.56 bits per heavy atom. The van der Waals surface area contributed by atoms with Crippen molar-refractivity contribution >= 4 is 45.5 Å². The SMILES string of the molecule is CCNC(=NCCCCc1ccc([N+](=O)[O-])cc1)NCCc1ccc(S(C)(=O)=O)cc1.I. The number of nitro groups is 1. The van der Waals surface area contributed by atoms with E-state index in [1.165, 1.54) is 18.4 Å². The maximum absolute atomic E-state index is 11.5. The quantitative estimate of drug-likeness (QED) is 0.106. The van der Waals surface area contributed by atoms with E-state index in [4.69, 9.17) is 0 Å². The Balaban J connectivity index is 0.00000512. The summed E-state index contributed by atoms with van der Waals surface area (Å²) in [5, 5.41) is 17.2. The smallest absolute Gasteiger partial charge is 0.269 e. The molecule has 176 valence electrons. The number of non-ortho nitro benzene ring substituents is 1. The van der Waals surface area contributed by atoms with Gasteiger partial charge in [-0.05, 0) is 55.9 Å². The number of benzene rings is 2. The number of nitro benzene ring substituents is 1. The fourth-order valence-corrected chi connectivity index (χ4v) is 3.62. The first-order valence-electron chi connectivity index (χ1n) is 10.3. The lowest BCUT2D eigenvalue weighted by atomic mass is 10.1. The topological polar surface area (TPSA) is 114 Å². The van der Waals surface area contributed by atoms with Gasteiger partial charge in [0.05, 0.1) is 9.82 Å². The fraction of sp³-hybridized carbons (Fsp3) is 0.409. The molecule has 2 N–H and O–H groups in total. The van der Waals surface area contributed by atoms with Gasteiger partial charge in [0.2, 0.25) is 0 Å². The molecule has 0 aliphatic rings. The predicted molar refractivity (Wildman–Crippen MR) is 139 cm³/mol. The van der Waals surface area contributed by atoms with E-state index in [1.54, 1.807) is 24.3 Å². The number of aliphatic imine (C=N–C) groups is 1. The minimum atomic E-state index is -3.17. The molecule has 0 saturated heterocycles. The third-order valence-electron chi connectivity index (χ3n) is 4.69. The first kappa shape index (κ1) is 27.8. The number of aryl methyl sites for hydroxylation is 1. The van der Waals surface area contributed by atoms with Crippen LogP contribution in [0.15, 0.2) is 58.4 Å². The molecule has 0 saturated carbocycles. The molecule has 0 fully saturated rings. The maximum Gasteiger partial charge on any atom is 0.269 e. The molecule has 32 heavy (non-hydrogen) atoms. The molecule has 0 aliphatic carbocycles. The van der Waals surface area contributed by atoms with Crippen LogP contribution in [0, 0.1) is 10.1 Å². The monoisotopic (exact) mass is 574 g/mol. The van der Waals surface area contributed by atoms with Crippen molar-refractivity contribution in [2.45, 2.75) is 37.5 Å². The lowest BCUT2D eigenvalue weighted by Crippen LogP contribution is -2.38. The lowest BCUT2D eigenvalue weighted by molar-refractivity contribution is -0.384. The third kappa shape index (κ3) is 9.94. The molecule has 0 bridgehead atoms. The van der Waals surface area contributed by atoms with Crippen molar-refractivity contribution in [3.05, 3.63) is 69.8 Å². The summed E-state index contributed by atoms with van der Waals surface area (Å²) in [5.41, 5.74) is 2.25. The molecular formula is C22H31IN4O4S.